The summed E-state index contributed by atoms with van der Waals surface area (Å²) < 4.78 is 5.62. The van der Waals surface area contributed by atoms with Crippen LogP contribution < -0.4 is 0 Å². The van der Waals surface area contributed by atoms with Crippen LogP contribution in [0.5, 0.6) is 0 Å². The monoisotopic (exact) mass is 213 g/mol. The number of hydrogen-bond acceptors (Lipinski definition) is 2. The first-order valence-corrected chi connectivity index (χ1v) is 5.37. The molecular weight excluding hydrogens is 198 g/mol. The minimum absolute atomic E-state index is 0.635. The SMILES string of the molecule is Cc1ccc(COCc2ccncc2)cc1. The Morgan fingerprint density at radius 1 is 0.875 bits per heavy atom. The average molecular weight is 213 g/mol. The molecule has 0 aliphatic carbocycles. The van der Waals surface area contributed by atoms with Gasteiger partial charge in [0.15, 0.2) is 0 Å². The highest BCUT2D eigenvalue weighted by atomic mass is 16.5. The van der Waals surface area contributed by atoms with E-state index in [1.54, 1.807) is 12.4 Å². The number of pyridine rings is 1. The fourth-order valence-electron chi connectivity index (χ4n) is 1.45. The molecule has 16 heavy (non-hydrogen) atoms. The van der Waals surface area contributed by atoms with Gasteiger partial charge in [-0.25, -0.2) is 0 Å². The molecular formula is C14H15NO. The van der Waals surface area contributed by atoms with E-state index in [9.17, 15) is 0 Å². The Labute approximate surface area is 95.9 Å². The van der Waals surface area contributed by atoms with Gasteiger partial charge in [-0.1, -0.05) is 29.8 Å². The van der Waals surface area contributed by atoms with Crippen molar-refractivity contribution in [2.45, 2.75) is 20.1 Å². The quantitative estimate of drug-likeness (QED) is 0.778. The van der Waals surface area contributed by atoms with Gasteiger partial charge in [0, 0.05) is 12.4 Å². The van der Waals surface area contributed by atoms with Gasteiger partial charge in [0.05, 0.1) is 13.2 Å². The number of aryl methyl sites for hydroxylation is 1. The van der Waals surface area contributed by atoms with Crippen LogP contribution >= 0.6 is 0 Å². The lowest BCUT2D eigenvalue weighted by Crippen LogP contribution is -1.94. The first kappa shape index (κ1) is 10.8. The van der Waals surface area contributed by atoms with Crippen LogP contribution in [0, 0.1) is 6.92 Å². The molecule has 1 heterocycles. The summed E-state index contributed by atoms with van der Waals surface area (Å²) in [6.07, 6.45) is 3.56. The number of ether oxygens (including phenoxy) is 1. The summed E-state index contributed by atoms with van der Waals surface area (Å²) in [7, 11) is 0. The zero-order valence-corrected chi connectivity index (χ0v) is 9.39. The minimum Gasteiger partial charge on any atom is -0.372 e. The van der Waals surface area contributed by atoms with Crippen LogP contribution in [0.4, 0.5) is 0 Å². The number of rotatable bonds is 4. The lowest BCUT2D eigenvalue weighted by Gasteiger charge is -2.04. The molecule has 0 saturated heterocycles. The van der Waals surface area contributed by atoms with Gasteiger partial charge in [0.1, 0.15) is 0 Å². The van der Waals surface area contributed by atoms with Crippen molar-refractivity contribution in [1.29, 1.82) is 0 Å². The van der Waals surface area contributed by atoms with Crippen LogP contribution in [-0.2, 0) is 18.0 Å². The minimum atomic E-state index is 0.635. The van der Waals surface area contributed by atoms with E-state index in [0.717, 1.165) is 5.56 Å². The molecule has 2 aromatic rings. The highest BCUT2D eigenvalue weighted by Gasteiger charge is 1.94. The largest absolute Gasteiger partial charge is 0.372 e. The third-order valence-electron chi connectivity index (χ3n) is 2.41. The summed E-state index contributed by atoms with van der Waals surface area (Å²) in [5.74, 6) is 0. The number of nitrogens with zero attached hydrogens (tertiary/aromatic N) is 1. The molecule has 1 aromatic heterocycles. The predicted octanol–water partition coefficient (Wildman–Crippen LogP) is 3.11. The number of hydrogen-bond donors (Lipinski definition) is 0. The van der Waals surface area contributed by atoms with Crippen molar-refractivity contribution >= 4 is 0 Å². The zero-order valence-electron chi connectivity index (χ0n) is 9.39. The second kappa shape index (κ2) is 5.42. The summed E-state index contributed by atoms with van der Waals surface area (Å²) in [6, 6.07) is 12.3. The van der Waals surface area contributed by atoms with E-state index in [1.807, 2.05) is 12.1 Å². The second-order valence-corrected chi connectivity index (χ2v) is 3.83. The molecule has 0 aliphatic heterocycles. The van der Waals surface area contributed by atoms with E-state index in [2.05, 4.69) is 36.2 Å². The van der Waals surface area contributed by atoms with Crippen molar-refractivity contribution in [2.75, 3.05) is 0 Å². The second-order valence-electron chi connectivity index (χ2n) is 3.83. The van der Waals surface area contributed by atoms with Gasteiger partial charge in [0.2, 0.25) is 0 Å². The topological polar surface area (TPSA) is 22.1 Å². The molecule has 0 N–H and O–H groups in total. The van der Waals surface area contributed by atoms with Crippen molar-refractivity contribution in [3.05, 3.63) is 65.5 Å². The Kier molecular flexibility index (Phi) is 3.67. The molecule has 2 nitrogen and oxygen atoms in total. The van der Waals surface area contributed by atoms with Crippen LogP contribution in [-0.4, -0.2) is 4.98 Å². The van der Waals surface area contributed by atoms with Gasteiger partial charge in [-0.2, -0.15) is 0 Å². The van der Waals surface area contributed by atoms with E-state index < -0.39 is 0 Å². The first-order valence-electron chi connectivity index (χ1n) is 5.37. The molecule has 0 unspecified atom stereocenters. The van der Waals surface area contributed by atoms with E-state index in [1.165, 1.54) is 11.1 Å². The van der Waals surface area contributed by atoms with E-state index >= 15 is 0 Å². The van der Waals surface area contributed by atoms with Gasteiger partial charge >= 0.3 is 0 Å². The Bertz CT molecular complexity index is 422. The molecule has 2 rings (SSSR count). The van der Waals surface area contributed by atoms with E-state index in [-0.39, 0.29) is 0 Å². The lowest BCUT2D eigenvalue weighted by atomic mass is 10.2. The molecule has 82 valence electrons. The lowest BCUT2D eigenvalue weighted by molar-refractivity contribution is 0.107. The maximum atomic E-state index is 5.62. The van der Waals surface area contributed by atoms with E-state index in [4.69, 9.17) is 4.74 Å². The Balaban J connectivity index is 1.82. The molecule has 0 bridgehead atoms. The van der Waals surface area contributed by atoms with Crippen molar-refractivity contribution < 1.29 is 4.74 Å². The van der Waals surface area contributed by atoms with Gasteiger partial charge in [-0.15, -0.1) is 0 Å². The van der Waals surface area contributed by atoms with Crippen molar-refractivity contribution in [2.24, 2.45) is 0 Å². The summed E-state index contributed by atoms with van der Waals surface area (Å²) in [6.45, 7) is 3.38. The fourth-order valence-corrected chi connectivity index (χ4v) is 1.45. The summed E-state index contributed by atoms with van der Waals surface area (Å²) in [5.41, 5.74) is 3.64. The van der Waals surface area contributed by atoms with Crippen LogP contribution in [0.15, 0.2) is 48.8 Å². The van der Waals surface area contributed by atoms with Crippen LogP contribution in [0.3, 0.4) is 0 Å². The molecule has 0 saturated carbocycles. The zero-order chi connectivity index (χ0) is 11.2. The molecule has 0 aliphatic rings. The van der Waals surface area contributed by atoms with Gasteiger partial charge in [-0.05, 0) is 30.2 Å². The van der Waals surface area contributed by atoms with Crippen molar-refractivity contribution in [1.82, 2.24) is 4.98 Å². The smallest absolute Gasteiger partial charge is 0.0722 e. The van der Waals surface area contributed by atoms with Crippen LogP contribution in [0.2, 0.25) is 0 Å². The maximum absolute atomic E-state index is 5.62. The fraction of sp³-hybridized carbons (Fsp3) is 0.214. The van der Waals surface area contributed by atoms with Gasteiger partial charge < -0.3 is 4.74 Å². The van der Waals surface area contributed by atoms with Gasteiger partial charge in [0.25, 0.3) is 0 Å². The predicted molar refractivity (Wildman–Crippen MR) is 63.9 cm³/mol. The molecule has 2 heteroatoms. The van der Waals surface area contributed by atoms with Gasteiger partial charge in [-0.3, -0.25) is 4.98 Å². The summed E-state index contributed by atoms with van der Waals surface area (Å²) in [5, 5.41) is 0. The van der Waals surface area contributed by atoms with Crippen LogP contribution in [0.25, 0.3) is 0 Å². The van der Waals surface area contributed by atoms with Crippen LogP contribution in [0.1, 0.15) is 16.7 Å². The average Bonchev–Trinajstić information content (AvgIpc) is 2.33. The number of aromatic nitrogens is 1. The molecule has 0 atom stereocenters. The molecule has 0 radical (unpaired) electrons. The first-order chi connectivity index (χ1) is 7.84. The Morgan fingerprint density at radius 2 is 1.44 bits per heavy atom. The Hall–Kier alpha value is -1.67. The van der Waals surface area contributed by atoms with E-state index in [0.29, 0.717) is 13.2 Å². The standard InChI is InChI=1S/C14H15NO/c1-12-2-4-13(5-3-12)10-16-11-14-6-8-15-9-7-14/h2-9H,10-11H2,1H3. The molecule has 0 amide bonds. The Morgan fingerprint density at radius 3 is 2.06 bits per heavy atom. The summed E-state index contributed by atoms with van der Waals surface area (Å²) in [4.78, 5) is 3.97. The normalized spacial score (nSPS) is 10.3. The van der Waals surface area contributed by atoms with Crippen molar-refractivity contribution in [3.8, 4) is 0 Å². The maximum Gasteiger partial charge on any atom is 0.0722 e. The van der Waals surface area contributed by atoms with Crippen molar-refractivity contribution in [3.63, 3.8) is 0 Å². The number of benzene rings is 1. The highest BCUT2D eigenvalue weighted by Crippen LogP contribution is 2.06. The highest BCUT2D eigenvalue weighted by molar-refractivity contribution is 5.20. The molecule has 1 aromatic carbocycles. The summed E-state index contributed by atoms with van der Waals surface area (Å²) >= 11 is 0. The molecule has 0 fully saturated rings. The third kappa shape index (κ3) is 3.17. The third-order valence-corrected chi connectivity index (χ3v) is 2.41. The molecule has 0 spiro atoms.